The van der Waals surface area contributed by atoms with Crippen molar-refractivity contribution in [1.29, 1.82) is 0 Å². The zero-order valence-corrected chi connectivity index (χ0v) is 13.2. The summed E-state index contributed by atoms with van der Waals surface area (Å²) in [7, 11) is 0. The molecule has 0 spiro atoms. The summed E-state index contributed by atoms with van der Waals surface area (Å²) in [5.41, 5.74) is 10.3. The van der Waals surface area contributed by atoms with Gasteiger partial charge in [0.05, 0.1) is 5.54 Å². The predicted octanol–water partition coefficient (Wildman–Crippen LogP) is 2.26. The summed E-state index contributed by atoms with van der Waals surface area (Å²) in [6.45, 7) is 10.7. The van der Waals surface area contributed by atoms with Crippen LogP contribution in [-0.4, -0.2) is 35.5 Å². The van der Waals surface area contributed by atoms with Crippen molar-refractivity contribution in [2.24, 2.45) is 11.5 Å². The van der Waals surface area contributed by atoms with Crippen LogP contribution in [0.2, 0.25) is 0 Å². The molecule has 4 nitrogen and oxygen atoms in total. The van der Waals surface area contributed by atoms with Crippen LogP contribution in [-0.2, 0) is 4.79 Å². The monoisotopic (exact) mass is 271 g/mol. The minimum absolute atomic E-state index is 0.406. The van der Waals surface area contributed by atoms with Crippen molar-refractivity contribution in [3.63, 3.8) is 0 Å². The molecule has 19 heavy (non-hydrogen) atoms. The topological polar surface area (TPSA) is 72.3 Å². The highest BCUT2D eigenvalue weighted by Gasteiger charge is 2.24. The fraction of sp³-hybridized carbons (Fsp3) is 0.933. The molecule has 0 rings (SSSR count). The van der Waals surface area contributed by atoms with E-state index in [-0.39, 0.29) is 0 Å². The van der Waals surface area contributed by atoms with Gasteiger partial charge in [-0.15, -0.1) is 0 Å². The van der Waals surface area contributed by atoms with E-state index in [1.165, 1.54) is 25.8 Å². The van der Waals surface area contributed by atoms with Crippen LogP contribution in [0.1, 0.15) is 66.2 Å². The van der Waals surface area contributed by atoms with E-state index in [0.29, 0.717) is 12.5 Å². The number of amides is 1. The highest BCUT2D eigenvalue weighted by atomic mass is 16.1. The number of rotatable bonds is 11. The molecule has 1 amide bonds. The number of hydrogen-bond donors (Lipinski definition) is 2. The van der Waals surface area contributed by atoms with Gasteiger partial charge in [0.15, 0.2) is 0 Å². The third-order valence-corrected chi connectivity index (χ3v) is 3.73. The number of hydrogen-bond acceptors (Lipinski definition) is 3. The Balaban J connectivity index is 3.90. The van der Waals surface area contributed by atoms with Crippen molar-refractivity contribution in [3.05, 3.63) is 0 Å². The fourth-order valence-corrected chi connectivity index (χ4v) is 2.12. The molecule has 0 aliphatic carbocycles. The van der Waals surface area contributed by atoms with Gasteiger partial charge in [-0.05, 0) is 59.5 Å². The maximum Gasteiger partial charge on any atom is 0.237 e. The first-order chi connectivity index (χ1) is 8.81. The van der Waals surface area contributed by atoms with E-state index in [9.17, 15) is 4.79 Å². The molecule has 0 aliphatic heterocycles. The fourth-order valence-electron chi connectivity index (χ4n) is 2.12. The summed E-state index contributed by atoms with van der Waals surface area (Å²) in [5, 5.41) is 0. The molecule has 4 N–H and O–H groups in total. The lowest BCUT2D eigenvalue weighted by molar-refractivity contribution is -0.122. The predicted molar refractivity (Wildman–Crippen MR) is 81.9 cm³/mol. The van der Waals surface area contributed by atoms with Gasteiger partial charge in [0.25, 0.3) is 0 Å². The highest BCUT2D eigenvalue weighted by Crippen LogP contribution is 2.12. The smallest absolute Gasteiger partial charge is 0.237 e. The molecule has 114 valence electrons. The second kappa shape index (κ2) is 9.32. The molecule has 0 radical (unpaired) electrons. The van der Waals surface area contributed by atoms with Crippen LogP contribution in [0.5, 0.6) is 0 Å². The second-order valence-corrected chi connectivity index (χ2v) is 6.08. The van der Waals surface area contributed by atoms with E-state index < -0.39 is 11.4 Å². The molecule has 0 saturated carbocycles. The summed E-state index contributed by atoms with van der Waals surface area (Å²) in [4.78, 5) is 13.6. The quantitative estimate of drug-likeness (QED) is 0.566. The number of nitrogens with zero attached hydrogens (tertiary/aromatic N) is 1. The van der Waals surface area contributed by atoms with Crippen LogP contribution in [0.25, 0.3) is 0 Å². The van der Waals surface area contributed by atoms with Gasteiger partial charge in [0.2, 0.25) is 5.91 Å². The average molecular weight is 271 g/mol. The van der Waals surface area contributed by atoms with Crippen molar-refractivity contribution in [2.45, 2.75) is 77.8 Å². The van der Waals surface area contributed by atoms with Crippen molar-refractivity contribution >= 4 is 5.91 Å². The molecule has 1 unspecified atom stereocenters. The molecule has 1 atom stereocenters. The van der Waals surface area contributed by atoms with E-state index >= 15 is 0 Å². The Hall–Kier alpha value is -0.610. The van der Waals surface area contributed by atoms with Gasteiger partial charge in [0, 0.05) is 6.04 Å². The lowest BCUT2D eigenvalue weighted by atomic mass is 9.95. The van der Waals surface area contributed by atoms with Gasteiger partial charge in [0.1, 0.15) is 0 Å². The van der Waals surface area contributed by atoms with Crippen LogP contribution in [0.4, 0.5) is 0 Å². The van der Waals surface area contributed by atoms with Gasteiger partial charge >= 0.3 is 0 Å². The first kappa shape index (κ1) is 18.4. The standard InChI is InChI=1S/C15H33N3O/c1-5-6-8-11-18(13(2)3)12-9-7-10-15(4,17)14(16)19/h13H,5-12,17H2,1-4H3,(H2,16,19). The van der Waals surface area contributed by atoms with Crippen molar-refractivity contribution < 1.29 is 4.79 Å². The van der Waals surface area contributed by atoms with Crippen molar-refractivity contribution in [2.75, 3.05) is 13.1 Å². The molecule has 0 aromatic heterocycles. The Bertz CT molecular complexity index is 252. The zero-order chi connectivity index (χ0) is 14.9. The first-order valence-corrected chi connectivity index (χ1v) is 7.64. The highest BCUT2D eigenvalue weighted by molar-refractivity contribution is 5.83. The lowest BCUT2D eigenvalue weighted by Crippen LogP contribution is -2.49. The van der Waals surface area contributed by atoms with Crippen LogP contribution >= 0.6 is 0 Å². The molecule has 0 aromatic rings. The summed E-state index contributed by atoms with van der Waals surface area (Å²) >= 11 is 0. The summed E-state index contributed by atoms with van der Waals surface area (Å²) in [5.74, 6) is -0.406. The van der Waals surface area contributed by atoms with E-state index in [1.807, 2.05) is 0 Å². The number of primary amides is 1. The van der Waals surface area contributed by atoms with Crippen LogP contribution in [0.3, 0.4) is 0 Å². The summed E-state index contributed by atoms with van der Waals surface area (Å²) in [6.07, 6.45) is 6.52. The van der Waals surface area contributed by atoms with Gasteiger partial charge in [-0.2, -0.15) is 0 Å². The van der Waals surface area contributed by atoms with Crippen molar-refractivity contribution in [3.8, 4) is 0 Å². The molecular weight excluding hydrogens is 238 g/mol. The molecule has 0 fully saturated rings. The molecule has 0 heterocycles. The third-order valence-electron chi connectivity index (χ3n) is 3.73. The number of nitrogens with two attached hydrogens (primary N) is 2. The van der Waals surface area contributed by atoms with E-state index in [2.05, 4.69) is 25.7 Å². The van der Waals surface area contributed by atoms with Crippen LogP contribution < -0.4 is 11.5 Å². The number of carbonyl (C=O) groups excluding carboxylic acids is 1. The minimum atomic E-state index is -0.856. The molecule has 0 aromatic carbocycles. The Kier molecular flexibility index (Phi) is 9.02. The third kappa shape index (κ3) is 8.22. The van der Waals surface area contributed by atoms with Gasteiger partial charge in [-0.25, -0.2) is 0 Å². The maximum absolute atomic E-state index is 11.1. The molecule has 0 aliphatic rings. The lowest BCUT2D eigenvalue weighted by Gasteiger charge is -2.27. The SMILES string of the molecule is CCCCCN(CCCCC(C)(N)C(N)=O)C(C)C. The Morgan fingerprint density at radius 1 is 1.16 bits per heavy atom. The molecular formula is C15H33N3O. The minimum Gasteiger partial charge on any atom is -0.368 e. The number of carbonyl (C=O) groups is 1. The Labute approximate surface area is 118 Å². The average Bonchev–Trinajstić information content (AvgIpc) is 2.31. The summed E-state index contributed by atoms with van der Waals surface area (Å²) in [6, 6.07) is 0.581. The zero-order valence-electron chi connectivity index (χ0n) is 13.2. The normalized spacial score (nSPS) is 14.9. The largest absolute Gasteiger partial charge is 0.368 e. The number of unbranched alkanes of at least 4 members (excludes halogenated alkanes) is 3. The van der Waals surface area contributed by atoms with Crippen LogP contribution in [0.15, 0.2) is 0 Å². The van der Waals surface area contributed by atoms with Gasteiger partial charge < -0.3 is 16.4 Å². The van der Waals surface area contributed by atoms with Gasteiger partial charge in [-0.1, -0.05) is 19.8 Å². The Morgan fingerprint density at radius 2 is 1.68 bits per heavy atom. The van der Waals surface area contributed by atoms with E-state index in [0.717, 1.165) is 19.4 Å². The van der Waals surface area contributed by atoms with Crippen LogP contribution in [0, 0.1) is 0 Å². The Morgan fingerprint density at radius 3 is 2.11 bits per heavy atom. The van der Waals surface area contributed by atoms with Gasteiger partial charge in [-0.3, -0.25) is 4.79 Å². The maximum atomic E-state index is 11.1. The van der Waals surface area contributed by atoms with E-state index in [1.54, 1.807) is 6.92 Å². The molecule has 0 saturated heterocycles. The van der Waals surface area contributed by atoms with Crippen molar-refractivity contribution in [1.82, 2.24) is 4.90 Å². The molecule has 0 bridgehead atoms. The van der Waals surface area contributed by atoms with E-state index in [4.69, 9.17) is 11.5 Å². The molecule has 4 heteroatoms. The summed E-state index contributed by atoms with van der Waals surface area (Å²) < 4.78 is 0. The second-order valence-electron chi connectivity index (χ2n) is 6.08. The first-order valence-electron chi connectivity index (χ1n) is 7.64.